The van der Waals surface area contributed by atoms with Crippen LogP contribution in [-0.2, 0) is 4.79 Å². The molecule has 2 aromatic rings. The van der Waals surface area contributed by atoms with Gasteiger partial charge in [-0.3, -0.25) is 15.2 Å². The summed E-state index contributed by atoms with van der Waals surface area (Å²) in [4.78, 5) is 28.1. The molecule has 0 spiro atoms. The predicted molar refractivity (Wildman–Crippen MR) is 93.6 cm³/mol. The molecule has 0 saturated carbocycles. The molecular weight excluding hydrogens is 326 g/mol. The molecule has 3 N–H and O–H groups in total. The van der Waals surface area contributed by atoms with Gasteiger partial charge in [0.05, 0.1) is 5.25 Å². The predicted octanol–water partition coefficient (Wildman–Crippen LogP) is 2.58. The summed E-state index contributed by atoms with van der Waals surface area (Å²) < 4.78 is 0. The molecule has 8 heteroatoms. The summed E-state index contributed by atoms with van der Waals surface area (Å²) in [5, 5.41) is 11.9. The first-order valence-electron chi connectivity index (χ1n) is 7.52. The Morgan fingerprint density at radius 3 is 2.50 bits per heavy atom. The number of aromatic amines is 1. The van der Waals surface area contributed by atoms with Crippen LogP contribution in [0.1, 0.15) is 27.7 Å². The average molecular weight is 347 g/mol. The quantitative estimate of drug-likeness (QED) is 0.738. The molecule has 0 saturated heterocycles. The molecule has 2 rings (SSSR count). The highest BCUT2D eigenvalue weighted by Gasteiger charge is 2.21. The first-order valence-corrected chi connectivity index (χ1v) is 8.40. The number of H-pyrrole nitrogens is 1. The Morgan fingerprint density at radius 1 is 1.21 bits per heavy atom. The maximum absolute atomic E-state index is 12.1. The zero-order chi connectivity index (χ0) is 17.7. The number of hydrogen-bond donors (Lipinski definition) is 3. The first-order chi connectivity index (χ1) is 11.2. The Labute approximate surface area is 145 Å². The Kier molecular flexibility index (Phi) is 5.61. The third kappa shape index (κ3) is 5.38. The van der Waals surface area contributed by atoms with Crippen LogP contribution in [0.2, 0.25) is 0 Å². The van der Waals surface area contributed by atoms with Crippen molar-refractivity contribution in [2.45, 2.75) is 43.6 Å². The van der Waals surface area contributed by atoms with Gasteiger partial charge in [-0.25, -0.2) is 9.78 Å². The maximum Gasteiger partial charge on any atom is 0.321 e. The van der Waals surface area contributed by atoms with Gasteiger partial charge in [-0.1, -0.05) is 42.1 Å². The highest BCUT2D eigenvalue weighted by atomic mass is 32.2. The van der Waals surface area contributed by atoms with Crippen LogP contribution in [0, 0.1) is 0 Å². The van der Waals surface area contributed by atoms with E-state index in [4.69, 9.17) is 0 Å². The minimum atomic E-state index is -0.514. The molecule has 0 fully saturated rings. The maximum atomic E-state index is 12.1. The Balaban J connectivity index is 1.92. The van der Waals surface area contributed by atoms with E-state index in [9.17, 15) is 9.59 Å². The van der Waals surface area contributed by atoms with Crippen LogP contribution >= 0.6 is 11.8 Å². The Bertz CT molecular complexity index is 709. The van der Waals surface area contributed by atoms with Gasteiger partial charge in [0.1, 0.15) is 0 Å². The van der Waals surface area contributed by atoms with E-state index >= 15 is 0 Å². The van der Waals surface area contributed by atoms with E-state index in [1.807, 2.05) is 51.1 Å². The molecule has 3 amide bonds. The zero-order valence-corrected chi connectivity index (χ0v) is 14.9. The van der Waals surface area contributed by atoms with Crippen molar-refractivity contribution in [3.8, 4) is 11.4 Å². The van der Waals surface area contributed by atoms with E-state index in [1.54, 1.807) is 6.92 Å². The smallest absolute Gasteiger partial charge is 0.321 e. The molecule has 1 aromatic heterocycles. The third-order valence-corrected chi connectivity index (χ3v) is 3.85. The van der Waals surface area contributed by atoms with E-state index < -0.39 is 22.7 Å². The van der Waals surface area contributed by atoms with Crippen molar-refractivity contribution in [1.29, 1.82) is 0 Å². The van der Waals surface area contributed by atoms with Crippen molar-refractivity contribution in [2.75, 3.05) is 0 Å². The Morgan fingerprint density at radius 2 is 1.88 bits per heavy atom. The highest BCUT2D eigenvalue weighted by molar-refractivity contribution is 8.00. The van der Waals surface area contributed by atoms with Gasteiger partial charge in [-0.15, -0.1) is 5.10 Å². The molecule has 128 valence electrons. The van der Waals surface area contributed by atoms with Crippen LogP contribution in [0.3, 0.4) is 0 Å². The molecule has 0 aliphatic carbocycles. The second kappa shape index (κ2) is 7.48. The number of nitrogens with one attached hydrogen (secondary N) is 3. The number of rotatable bonds is 4. The van der Waals surface area contributed by atoms with Crippen LogP contribution in [0.4, 0.5) is 4.79 Å². The number of imide groups is 1. The summed E-state index contributed by atoms with van der Waals surface area (Å²) in [6, 6.07) is 9.07. The van der Waals surface area contributed by atoms with E-state index in [1.165, 1.54) is 11.8 Å². The van der Waals surface area contributed by atoms with E-state index in [-0.39, 0.29) is 0 Å². The summed E-state index contributed by atoms with van der Waals surface area (Å²) in [6.07, 6.45) is 0. The minimum Gasteiger partial charge on any atom is -0.333 e. The van der Waals surface area contributed by atoms with Crippen molar-refractivity contribution < 1.29 is 9.59 Å². The second-order valence-electron chi connectivity index (χ2n) is 6.29. The molecule has 24 heavy (non-hydrogen) atoms. The molecule has 0 radical (unpaired) electrons. The van der Waals surface area contributed by atoms with Crippen LogP contribution in [0.15, 0.2) is 35.5 Å². The lowest BCUT2D eigenvalue weighted by Crippen LogP contribution is -2.49. The van der Waals surface area contributed by atoms with Gasteiger partial charge in [0.2, 0.25) is 11.1 Å². The van der Waals surface area contributed by atoms with Gasteiger partial charge >= 0.3 is 6.03 Å². The van der Waals surface area contributed by atoms with E-state index in [0.717, 1.165) is 5.56 Å². The fourth-order valence-corrected chi connectivity index (χ4v) is 2.55. The molecule has 0 bridgehead atoms. The molecule has 1 heterocycles. The van der Waals surface area contributed by atoms with Crippen LogP contribution in [0.25, 0.3) is 11.4 Å². The number of carbonyl (C=O) groups excluding carboxylic acids is 2. The van der Waals surface area contributed by atoms with Gasteiger partial charge in [0.25, 0.3) is 0 Å². The molecular formula is C16H21N5O2S. The molecule has 0 unspecified atom stereocenters. The third-order valence-electron chi connectivity index (χ3n) is 2.89. The summed E-state index contributed by atoms with van der Waals surface area (Å²) in [5.41, 5.74) is 0.508. The Hall–Kier alpha value is -2.35. The molecule has 0 aliphatic heterocycles. The first kappa shape index (κ1) is 18.0. The van der Waals surface area contributed by atoms with Crippen LogP contribution in [-0.4, -0.2) is 37.9 Å². The fraction of sp³-hybridized carbons (Fsp3) is 0.375. The van der Waals surface area contributed by atoms with Crippen molar-refractivity contribution in [3.63, 3.8) is 0 Å². The van der Waals surface area contributed by atoms with Crippen molar-refractivity contribution in [3.05, 3.63) is 30.3 Å². The van der Waals surface area contributed by atoms with Crippen molar-refractivity contribution in [1.82, 2.24) is 25.8 Å². The van der Waals surface area contributed by atoms with Gasteiger partial charge < -0.3 is 5.32 Å². The molecule has 1 aromatic carbocycles. The number of amides is 3. The van der Waals surface area contributed by atoms with Gasteiger partial charge in [0, 0.05) is 11.1 Å². The lowest BCUT2D eigenvalue weighted by molar-refractivity contribution is -0.119. The van der Waals surface area contributed by atoms with Gasteiger partial charge in [-0.2, -0.15) is 0 Å². The lowest BCUT2D eigenvalue weighted by atomic mass is 10.1. The van der Waals surface area contributed by atoms with E-state index in [0.29, 0.717) is 11.0 Å². The fourth-order valence-electron chi connectivity index (χ4n) is 1.82. The minimum absolute atomic E-state index is 0.396. The number of thioether (sulfide) groups is 1. The number of nitrogens with zero attached hydrogens (tertiary/aromatic N) is 2. The van der Waals surface area contributed by atoms with Crippen molar-refractivity contribution >= 4 is 23.7 Å². The standard InChI is InChI=1S/C16H21N5O2S/c1-10(13(22)18-14(23)19-16(2,3)4)24-15-17-12(20-21-15)11-8-6-5-7-9-11/h5-10H,1-4H3,(H,17,20,21)(H2,18,19,22,23)/t10-/m1/s1. The highest BCUT2D eigenvalue weighted by Crippen LogP contribution is 2.22. The monoisotopic (exact) mass is 347 g/mol. The topological polar surface area (TPSA) is 99.8 Å². The number of urea groups is 1. The zero-order valence-electron chi connectivity index (χ0n) is 14.1. The van der Waals surface area contributed by atoms with Crippen molar-refractivity contribution in [2.24, 2.45) is 0 Å². The number of benzene rings is 1. The van der Waals surface area contributed by atoms with E-state index in [2.05, 4.69) is 25.8 Å². The van der Waals surface area contributed by atoms with Crippen LogP contribution < -0.4 is 10.6 Å². The SMILES string of the molecule is C[C@@H](Sc1n[nH]c(-c2ccccc2)n1)C(=O)NC(=O)NC(C)(C)C. The van der Waals surface area contributed by atoms with Gasteiger partial charge in [0.15, 0.2) is 5.82 Å². The molecule has 1 atom stereocenters. The number of hydrogen-bond acceptors (Lipinski definition) is 5. The number of aromatic nitrogens is 3. The largest absolute Gasteiger partial charge is 0.333 e. The molecule has 0 aliphatic rings. The summed E-state index contributed by atoms with van der Waals surface area (Å²) in [5.74, 6) is 0.240. The molecule has 7 nitrogen and oxygen atoms in total. The lowest BCUT2D eigenvalue weighted by Gasteiger charge is -2.20. The average Bonchev–Trinajstić information content (AvgIpc) is 2.94. The summed E-state index contributed by atoms with van der Waals surface area (Å²) in [6.45, 7) is 7.22. The van der Waals surface area contributed by atoms with Crippen LogP contribution in [0.5, 0.6) is 0 Å². The number of carbonyl (C=O) groups is 2. The van der Waals surface area contributed by atoms with Gasteiger partial charge in [-0.05, 0) is 27.7 Å². The summed E-state index contributed by atoms with van der Waals surface area (Å²) >= 11 is 1.18. The normalized spacial score (nSPS) is 12.5. The summed E-state index contributed by atoms with van der Waals surface area (Å²) in [7, 11) is 0. The second-order valence-corrected chi connectivity index (χ2v) is 7.59.